The van der Waals surface area contributed by atoms with Crippen LogP contribution < -0.4 is 0 Å². The Balaban J connectivity index is 2.28. The van der Waals surface area contributed by atoms with Crippen molar-refractivity contribution in [3.63, 3.8) is 0 Å². The third kappa shape index (κ3) is 4.67. The summed E-state index contributed by atoms with van der Waals surface area (Å²) in [4.78, 5) is 1.24. The summed E-state index contributed by atoms with van der Waals surface area (Å²) in [5.74, 6) is 1.00. The Hall–Kier alpha value is -0.0200. The van der Waals surface area contributed by atoms with E-state index in [4.69, 9.17) is 0 Å². The van der Waals surface area contributed by atoms with Crippen molar-refractivity contribution < 1.29 is 4.39 Å². The molecule has 0 atom stereocenters. The van der Waals surface area contributed by atoms with Crippen LogP contribution in [0.1, 0.15) is 12.8 Å². The van der Waals surface area contributed by atoms with Crippen LogP contribution in [-0.2, 0) is 0 Å². The van der Waals surface area contributed by atoms with Gasteiger partial charge < -0.3 is 0 Å². The van der Waals surface area contributed by atoms with E-state index in [1.165, 1.54) is 4.90 Å². The van der Waals surface area contributed by atoms with Crippen molar-refractivity contribution in [3.8, 4) is 0 Å². The maximum atomic E-state index is 11.8. The first-order valence-corrected chi connectivity index (χ1v) is 6.05. The Bertz CT molecular complexity index is 252. The van der Waals surface area contributed by atoms with E-state index < -0.39 is 0 Å². The quantitative estimate of drug-likeness (QED) is 0.564. The Morgan fingerprint density at radius 3 is 2.85 bits per heavy atom. The largest absolute Gasteiger partial charge is 0.251 e. The molecule has 0 aliphatic heterocycles. The van der Waals surface area contributed by atoms with Gasteiger partial charge in [-0.1, -0.05) is 22.0 Å². The lowest BCUT2D eigenvalue weighted by atomic mass is 10.4. The van der Waals surface area contributed by atoms with Gasteiger partial charge in [-0.3, -0.25) is 4.39 Å². The van der Waals surface area contributed by atoms with Gasteiger partial charge in [-0.2, -0.15) is 0 Å². The highest BCUT2D eigenvalue weighted by molar-refractivity contribution is 9.10. The molecule has 0 N–H and O–H groups in total. The second-order valence-corrected chi connectivity index (χ2v) is 4.79. The fourth-order valence-corrected chi connectivity index (χ4v) is 2.46. The number of hydrogen-bond donors (Lipinski definition) is 0. The van der Waals surface area contributed by atoms with E-state index in [1.807, 2.05) is 12.1 Å². The summed E-state index contributed by atoms with van der Waals surface area (Å²) < 4.78 is 12.9. The summed E-state index contributed by atoms with van der Waals surface area (Å²) in [6.45, 7) is -0.195. The highest BCUT2D eigenvalue weighted by atomic mass is 79.9. The average molecular weight is 263 g/mol. The Kier molecular flexibility index (Phi) is 5.47. The molecule has 0 aliphatic rings. The van der Waals surface area contributed by atoms with Crippen LogP contribution in [0.5, 0.6) is 0 Å². The van der Waals surface area contributed by atoms with E-state index in [-0.39, 0.29) is 6.67 Å². The third-order valence-corrected chi connectivity index (χ3v) is 3.17. The number of benzene rings is 1. The van der Waals surface area contributed by atoms with E-state index in [2.05, 4.69) is 28.1 Å². The van der Waals surface area contributed by atoms with Gasteiger partial charge in [-0.05, 0) is 36.8 Å². The minimum absolute atomic E-state index is 0.195. The minimum Gasteiger partial charge on any atom is -0.251 e. The van der Waals surface area contributed by atoms with Gasteiger partial charge in [-0.25, -0.2) is 0 Å². The van der Waals surface area contributed by atoms with Crippen molar-refractivity contribution in [2.45, 2.75) is 17.7 Å². The summed E-state index contributed by atoms with van der Waals surface area (Å²) in [5.41, 5.74) is 0. The second-order valence-electron chi connectivity index (χ2n) is 2.70. The van der Waals surface area contributed by atoms with Gasteiger partial charge in [0, 0.05) is 9.37 Å². The molecule has 13 heavy (non-hydrogen) atoms. The maximum Gasteiger partial charge on any atom is 0.0894 e. The lowest BCUT2D eigenvalue weighted by Crippen LogP contribution is -1.82. The molecule has 1 aromatic carbocycles. The highest BCUT2D eigenvalue weighted by Crippen LogP contribution is 2.22. The van der Waals surface area contributed by atoms with Crippen LogP contribution in [-0.4, -0.2) is 12.4 Å². The van der Waals surface area contributed by atoms with Crippen LogP contribution in [0.25, 0.3) is 0 Å². The summed E-state index contributed by atoms with van der Waals surface area (Å²) in [6.07, 6.45) is 1.63. The molecule has 0 fully saturated rings. The number of hydrogen-bond acceptors (Lipinski definition) is 1. The minimum atomic E-state index is -0.195. The molecule has 0 amide bonds. The highest BCUT2D eigenvalue weighted by Gasteiger charge is 1.94. The molecule has 0 bridgehead atoms. The van der Waals surface area contributed by atoms with Crippen molar-refractivity contribution in [1.29, 1.82) is 0 Å². The normalized spacial score (nSPS) is 10.3. The Morgan fingerprint density at radius 2 is 2.15 bits per heavy atom. The number of halogens is 2. The Morgan fingerprint density at radius 1 is 1.31 bits per heavy atom. The van der Waals surface area contributed by atoms with Crippen LogP contribution in [0, 0.1) is 0 Å². The summed E-state index contributed by atoms with van der Waals surface area (Å²) >= 11 is 5.19. The lowest BCUT2D eigenvalue weighted by Gasteiger charge is -2.00. The van der Waals surface area contributed by atoms with Gasteiger partial charge in [0.1, 0.15) is 0 Å². The van der Waals surface area contributed by atoms with E-state index in [0.717, 1.165) is 16.6 Å². The molecule has 1 aromatic rings. The molecular weight excluding hydrogens is 251 g/mol. The monoisotopic (exact) mass is 262 g/mol. The SMILES string of the molecule is FCCCCSc1cccc(Br)c1. The molecule has 0 aliphatic carbocycles. The van der Waals surface area contributed by atoms with Gasteiger partial charge in [0.15, 0.2) is 0 Å². The van der Waals surface area contributed by atoms with Crippen LogP contribution in [0.15, 0.2) is 33.6 Å². The summed E-state index contributed by atoms with van der Waals surface area (Å²) in [6, 6.07) is 8.18. The van der Waals surface area contributed by atoms with E-state index in [0.29, 0.717) is 6.42 Å². The zero-order valence-corrected chi connectivity index (χ0v) is 9.70. The van der Waals surface area contributed by atoms with E-state index in [9.17, 15) is 4.39 Å². The first kappa shape index (κ1) is 11.1. The van der Waals surface area contributed by atoms with Crippen LogP contribution in [0.3, 0.4) is 0 Å². The van der Waals surface area contributed by atoms with Gasteiger partial charge in [0.25, 0.3) is 0 Å². The van der Waals surface area contributed by atoms with Crippen molar-refractivity contribution in [1.82, 2.24) is 0 Å². The molecule has 0 unspecified atom stereocenters. The average Bonchev–Trinajstić information content (AvgIpc) is 2.13. The molecule has 0 radical (unpaired) electrons. The van der Waals surface area contributed by atoms with Crippen molar-refractivity contribution >= 4 is 27.7 Å². The first-order valence-electron chi connectivity index (χ1n) is 4.27. The standard InChI is InChI=1S/C10H12BrFS/c11-9-4-3-5-10(8-9)13-7-2-1-6-12/h3-5,8H,1-2,6-7H2. The van der Waals surface area contributed by atoms with E-state index in [1.54, 1.807) is 11.8 Å². The summed E-state index contributed by atoms with van der Waals surface area (Å²) in [7, 11) is 0. The summed E-state index contributed by atoms with van der Waals surface area (Å²) in [5, 5.41) is 0. The third-order valence-electron chi connectivity index (χ3n) is 1.59. The molecule has 0 spiro atoms. The number of rotatable bonds is 5. The molecule has 72 valence electrons. The zero-order chi connectivity index (χ0) is 9.52. The Labute approximate surface area is 91.0 Å². The van der Waals surface area contributed by atoms with Crippen molar-refractivity contribution in [3.05, 3.63) is 28.7 Å². The predicted octanol–water partition coefficient (Wildman–Crippen LogP) is 4.29. The fourth-order valence-electron chi connectivity index (χ4n) is 0.943. The van der Waals surface area contributed by atoms with Crippen molar-refractivity contribution in [2.75, 3.05) is 12.4 Å². The topological polar surface area (TPSA) is 0 Å². The number of unbranched alkanes of at least 4 members (excludes halogenated alkanes) is 1. The molecule has 1 rings (SSSR count). The number of thioether (sulfide) groups is 1. The van der Waals surface area contributed by atoms with Gasteiger partial charge in [0.05, 0.1) is 6.67 Å². The predicted molar refractivity (Wildman–Crippen MR) is 60.1 cm³/mol. The molecule has 3 heteroatoms. The molecule has 0 aromatic heterocycles. The van der Waals surface area contributed by atoms with Crippen LogP contribution in [0.4, 0.5) is 4.39 Å². The molecule has 0 saturated heterocycles. The molecule has 0 saturated carbocycles. The molecule has 0 heterocycles. The fraction of sp³-hybridized carbons (Fsp3) is 0.400. The molecule has 0 nitrogen and oxygen atoms in total. The van der Waals surface area contributed by atoms with E-state index >= 15 is 0 Å². The maximum absolute atomic E-state index is 11.8. The van der Waals surface area contributed by atoms with Crippen LogP contribution >= 0.6 is 27.7 Å². The molecular formula is C10H12BrFS. The second kappa shape index (κ2) is 6.44. The van der Waals surface area contributed by atoms with Crippen molar-refractivity contribution in [2.24, 2.45) is 0 Å². The van der Waals surface area contributed by atoms with Crippen LogP contribution in [0.2, 0.25) is 0 Å². The number of alkyl halides is 1. The first-order chi connectivity index (χ1) is 6.33. The van der Waals surface area contributed by atoms with Gasteiger partial charge in [0.2, 0.25) is 0 Å². The smallest absolute Gasteiger partial charge is 0.0894 e. The lowest BCUT2D eigenvalue weighted by molar-refractivity contribution is 0.470. The zero-order valence-electron chi connectivity index (χ0n) is 7.30. The van der Waals surface area contributed by atoms with Gasteiger partial charge >= 0.3 is 0 Å². The van der Waals surface area contributed by atoms with Gasteiger partial charge in [-0.15, -0.1) is 11.8 Å².